The van der Waals surface area contributed by atoms with Gasteiger partial charge in [0.15, 0.2) is 0 Å². The van der Waals surface area contributed by atoms with Crippen LogP contribution in [0.15, 0.2) is 36.5 Å². The van der Waals surface area contributed by atoms with Gasteiger partial charge in [0.25, 0.3) is 0 Å². The SMILES string of the molecule is CCCn1nccc1C(=O)c1cccc(C)c1. The zero-order valence-corrected chi connectivity index (χ0v) is 10.2. The van der Waals surface area contributed by atoms with Crippen LogP contribution in [-0.4, -0.2) is 15.6 Å². The molecule has 0 saturated heterocycles. The highest BCUT2D eigenvalue weighted by molar-refractivity contribution is 6.07. The predicted molar refractivity (Wildman–Crippen MR) is 67.1 cm³/mol. The van der Waals surface area contributed by atoms with Crippen molar-refractivity contribution in [3.05, 3.63) is 53.3 Å². The molecule has 0 aliphatic heterocycles. The Bertz CT molecular complexity index is 529. The fourth-order valence-corrected chi connectivity index (χ4v) is 1.85. The molecule has 0 saturated carbocycles. The van der Waals surface area contributed by atoms with Gasteiger partial charge < -0.3 is 0 Å². The molecule has 1 heterocycles. The highest BCUT2D eigenvalue weighted by Crippen LogP contribution is 2.11. The second-order valence-corrected chi connectivity index (χ2v) is 4.14. The fraction of sp³-hybridized carbons (Fsp3) is 0.286. The molecule has 0 fully saturated rings. The van der Waals surface area contributed by atoms with E-state index in [1.165, 1.54) is 0 Å². The van der Waals surface area contributed by atoms with E-state index in [1.807, 2.05) is 31.2 Å². The summed E-state index contributed by atoms with van der Waals surface area (Å²) < 4.78 is 1.77. The normalized spacial score (nSPS) is 10.5. The maximum absolute atomic E-state index is 12.3. The van der Waals surface area contributed by atoms with Crippen LogP contribution in [0.5, 0.6) is 0 Å². The summed E-state index contributed by atoms with van der Waals surface area (Å²) in [7, 11) is 0. The number of aryl methyl sites for hydroxylation is 2. The average molecular weight is 228 g/mol. The van der Waals surface area contributed by atoms with E-state index in [0.717, 1.165) is 24.1 Å². The highest BCUT2D eigenvalue weighted by atomic mass is 16.1. The van der Waals surface area contributed by atoms with E-state index >= 15 is 0 Å². The van der Waals surface area contributed by atoms with Crippen LogP contribution >= 0.6 is 0 Å². The quantitative estimate of drug-likeness (QED) is 0.754. The summed E-state index contributed by atoms with van der Waals surface area (Å²) in [4.78, 5) is 12.3. The first kappa shape index (κ1) is 11.6. The number of benzene rings is 1. The molecule has 88 valence electrons. The maximum Gasteiger partial charge on any atom is 0.211 e. The Morgan fingerprint density at radius 1 is 1.35 bits per heavy atom. The van der Waals surface area contributed by atoms with Gasteiger partial charge in [0.2, 0.25) is 5.78 Å². The summed E-state index contributed by atoms with van der Waals surface area (Å²) in [6, 6.07) is 9.42. The molecule has 3 heteroatoms. The second kappa shape index (κ2) is 4.95. The Hall–Kier alpha value is -1.90. The van der Waals surface area contributed by atoms with Crippen molar-refractivity contribution in [2.45, 2.75) is 26.8 Å². The lowest BCUT2D eigenvalue weighted by Crippen LogP contribution is -2.11. The number of nitrogens with zero attached hydrogens (tertiary/aromatic N) is 2. The molecule has 0 N–H and O–H groups in total. The summed E-state index contributed by atoms with van der Waals surface area (Å²) in [5, 5.41) is 4.17. The summed E-state index contributed by atoms with van der Waals surface area (Å²) in [6.07, 6.45) is 2.65. The van der Waals surface area contributed by atoms with Gasteiger partial charge in [-0.2, -0.15) is 5.10 Å². The predicted octanol–water partition coefficient (Wildman–Crippen LogP) is 2.83. The molecule has 0 amide bonds. The van der Waals surface area contributed by atoms with Crippen LogP contribution in [0.3, 0.4) is 0 Å². The van der Waals surface area contributed by atoms with Crippen molar-refractivity contribution in [3.8, 4) is 0 Å². The number of hydrogen-bond acceptors (Lipinski definition) is 2. The Kier molecular flexibility index (Phi) is 3.38. The molecule has 0 spiro atoms. The van der Waals surface area contributed by atoms with Crippen molar-refractivity contribution in [2.24, 2.45) is 0 Å². The van der Waals surface area contributed by atoms with Gasteiger partial charge >= 0.3 is 0 Å². The molecule has 0 radical (unpaired) electrons. The van der Waals surface area contributed by atoms with Gasteiger partial charge in [-0.3, -0.25) is 9.48 Å². The van der Waals surface area contributed by atoms with Crippen LogP contribution in [0, 0.1) is 6.92 Å². The molecular weight excluding hydrogens is 212 g/mol. The van der Waals surface area contributed by atoms with Crippen molar-refractivity contribution in [1.29, 1.82) is 0 Å². The molecule has 2 aromatic rings. The van der Waals surface area contributed by atoms with E-state index in [-0.39, 0.29) is 5.78 Å². The minimum Gasteiger partial charge on any atom is -0.287 e. The van der Waals surface area contributed by atoms with Crippen LogP contribution in [0.2, 0.25) is 0 Å². The lowest BCUT2D eigenvalue weighted by Gasteiger charge is -2.05. The third-order valence-electron chi connectivity index (χ3n) is 2.66. The Morgan fingerprint density at radius 2 is 2.18 bits per heavy atom. The lowest BCUT2D eigenvalue weighted by atomic mass is 10.1. The monoisotopic (exact) mass is 228 g/mol. The second-order valence-electron chi connectivity index (χ2n) is 4.14. The third kappa shape index (κ3) is 2.44. The molecule has 1 aromatic heterocycles. The minimum atomic E-state index is 0.0413. The van der Waals surface area contributed by atoms with Crippen molar-refractivity contribution >= 4 is 5.78 Å². The Labute approximate surface area is 101 Å². The summed E-state index contributed by atoms with van der Waals surface area (Å²) >= 11 is 0. The van der Waals surface area contributed by atoms with E-state index < -0.39 is 0 Å². The number of carbonyl (C=O) groups excluding carboxylic acids is 1. The summed E-state index contributed by atoms with van der Waals surface area (Å²) in [6.45, 7) is 4.84. The summed E-state index contributed by atoms with van der Waals surface area (Å²) in [5.41, 5.74) is 2.48. The number of rotatable bonds is 4. The van der Waals surface area contributed by atoms with E-state index in [2.05, 4.69) is 12.0 Å². The number of hydrogen-bond donors (Lipinski definition) is 0. The van der Waals surface area contributed by atoms with Crippen molar-refractivity contribution in [1.82, 2.24) is 9.78 Å². The molecule has 0 bridgehead atoms. The van der Waals surface area contributed by atoms with E-state index in [4.69, 9.17) is 0 Å². The van der Waals surface area contributed by atoms with Gasteiger partial charge in [0.1, 0.15) is 5.69 Å². The van der Waals surface area contributed by atoms with Gasteiger partial charge in [0, 0.05) is 18.3 Å². The Morgan fingerprint density at radius 3 is 2.88 bits per heavy atom. The van der Waals surface area contributed by atoms with Crippen LogP contribution in [0.4, 0.5) is 0 Å². The van der Waals surface area contributed by atoms with E-state index in [1.54, 1.807) is 16.9 Å². The van der Waals surface area contributed by atoms with Gasteiger partial charge in [-0.15, -0.1) is 0 Å². The minimum absolute atomic E-state index is 0.0413. The van der Waals surface area contributed by atoms with Gasteiger partial charge in [0.05, 0.1) is 0 Å². The first-order chi connectivity index (χ1) is 8.22. The fourth-order valence-electron chi connectivity index (χ4n) is 1.85. The topological polar surface area (TPSA) is 34.9 Å². The largest absolute Gasteiger partial charge is 0.287 e. The number of aromatic nitrogens is 2. The van der Waals surface area contributed by atoms with Crippen molar-refractivity contribution in [3.63, 3.8) is 0 Å². The molecule has 17 heavy (non-hydrogen) atoms. The zero-order chi connectivity index (χ0) is 12.3. The van der Waals surface area contributed by atoms with Crippen LogP contribution < -0.4 is 0 Å². The lowest BCUT2D eigenvalue weighted by molar-refractivity contribution is 0.102. The molecule has 2 rings (SSSR count). The van der Waals surface area contributed by atoms with E-state index in [0.29, 0.717) is 5.69 Å². The van der Waals surface area contributed by atoms with E-state index in [9.17, 15) is 4.79 Å². The smallest absolute Gasteiger partial charge is 0.211 e. The van der Waals surface area contributed by atoms with Crippen LogP contribution in [0.1, 0.15) is 35.0 Å². The third-order valence-corrected chi connectivity index (χ3v) is 2.66. The Balaban J connectivity index is 2.33. The number of ketones is 1. The highest BCUT2D eigenvalue weighted by Gasteiger charge is 2.13. The van der Waals surface area contributed by atoms with Crippen LogP contribution in [0.25, 0.3) is 0 Å². The molecule has 0 unspecified atom stereocenters. The van der Waals surface area contributed by atoms with Crippen molar-refractivity contribution < 1.29 is 4.79 Å². The first-order valence-corrected chi connectivity index (χ1v) is 5.85. The molecule has 3 nitrogen and oxygen atoms in total. The van der Waals surface area contributed by atoms with Crippen molar-refractivity contribution in [2.75, 3.05) is 0 Å². The average Bonchev–Trinajstić information content (AvgIpc) is 2.77. The standard InChI is InChI=1S/C14H16N2O/c1-3-9-16-13(7-8-15-16)14(17)12-6-4-5-11(2)10-12/h4-8,10H,3,9H2,1-2H3. The van der Waals surface area contributed by atoms with Gasteiger partial charge in [-0.05, 0) is 25.5 Å². The number of carbonyl (C=O) groups is 1. The zero-order valence-electron chi connectivity index (χ0n) is 10.2. The first-order valence-electron chi connectivity index (χ1n) is 5.85. The molecule has 0 aliphatic rings. The van der Waals surface area contributed by atoms with Crippen LogP contribution in [-0.2, 0) is 6.54 Å². The molecule has 0 atom stereocenters. The van der Waals surface area contributed by atoms with Gasteiger partial charge in [-0.1, -0.05) is 30.7 Å². The molecular formula is C14H16N2O. The summed E-state index contributed by atoms with van der Waals surface area (Å²) in [5.74, 6) is 0.0413. The van der Waals surface area contributed by atoms with Gasteiger partial charge in [-0.25, -0.2) is 0 Å². The molecule has 0 aliphatic carbocycles. The molecule has 1 aromatic carbocycles. The maximum atomic E-state index is 12.3.